The molecule has 0 spiro atoms. The molecule has 0 aromatic rings. The number of likely N-dealkylation sites (N-methyl/N-ethyl adjacent to an activating group) is 1. The molecule has 56 heavy (non-hydrogen) atoms. The average molecular weight is 807 g/mol. The minimum absolute atomic E-state index is 0.0124. The van der Waals surface area contributed by atoms with E-state index >= 15 is 0 Å². The van der Waals surface area contributed by atoms with Crippen molar-refractivity contribution in [3.8, 4) is 0 Å². The topological polar surface area (TPSA) is 108 Å². The molecular weight excluding hydrogens is 719 g/mol. The van der Waals surface area contributed by atoms with Gasteiger partial charge < -0.3 is 28.8 Å². The summed E-state index contributed by atoms with van der Waals surface area (Å²) >= 11 is 0. The van der Waals surface area contributed by atoms with Crippen LogP contribution in [0.25, 0.3) is 0 Å². The van der Waals surface area contributed by atoms with Gasteiger partial charge in [-0.15, -0.1) is 0 Å². The number of phosphoric acid groups is 1. The molecule has 0 saturated carbocycles. The third kappa shape index (κ3) is 40.4. The molecule has 0 rings (SSSR count). The molecular formula is C47H87N2O6P. The van der Waals surface area contributed by atoms with E-state index in [9.17, 15) is 19.4 Å². The molecule has 0 radical (unpaired) electrons. The summed E-state index contributed by atoms with van der Waals surface area (Å²) in [6.45, 7) is 4.49. The monoisotopic (exact) mass is 807 g/mol. The molecule has 0 aromatic heterocycles. The van der Waals surface area contributed by atoms with Crippen molar-refractivity contribution in [3.63, 3.8) is 0 Å². The van der Waals surface area contributed by atoms with E-state index in [-0.39, 0.29) is 12.5 Å². The number of nitrogens with one attached hydrogen (secondary N) is 1. The maximum absolute atomic E-state index is 12.8. The Kier molecular flexibility index (Phi) is 37.5. The van der Waals surface area contributed by atoms with Gasteiger partial charge in [0.05, 0.1) is 39.9 Å². The first-order valence-corrected chi connectivity index (χ1v) is 24.1. The predicted octanol–water partition coefficient (Wildman–Crippen LogP) is 12.0. The smallest absolute Gasteiger partial charge is 0.268 e. The Balaban J connectivity index is 4.49. The lowest BCUT2D eigenvalue weighted by Gasteiger charge is -2.29. The minimum Gasteiger partial charge on any atom is -0.756 e. The summed E-state index contributed by atoms with van der Waals surface area (Å²) in [5, 5.41) is 13.8. The highest BCUT2D eigenvalue weighted by molar-refractivity contribution is 7.45. The number of amides is 1. The zero-order chi connectivity index (χ0) is 41.4. The van der Waals surface area contributed by atoms with E-state index in [1.54, 1.807) is 6.08 Å². The first-order chi connectivity index (χ1) is 27.0. The number of rotatable bonds is 40. The number of carbonyl (C=O) groups excluding carboxylic acids is 1. The van der Waals surface area contributed by atoms with Crippen LogP contribution in [0.1, 0.15) is 181 Å². The fourth-order valence-electron chi connectivity index (χ4n) is 6.12. The third-order valence-corrected chi connectivity index (χ3v) is 10.7. The van der Waals surface area contributed by atoms with E-state index in [0.717, 1.165) is 77.0 Å². The Hall–Kier alpha value is -1.80. The predicted molar refractivity (Wildman–Crippen MR) is 237 cm³/mol. The van der Waals surface area contributed by atoms with E-state index in [0.29, 0.717) is 17.4 Å². The van der Waals surface area contributed by atoms with Crippen molar-refractivity contribution in [1.82, 2.24) is 5.32 Å². The molecule has 3 unspecified atom stereocenters. The first kappa shape index (κ1) is 54.2. The van der Waals surface area contributed by atoms with E-state index < -0.39 is 26.6 Å². The summed E-state index contributed by atoms with van der Waals surface area (Å²) in [4.78, 5) is 25.3. The van der Waals surface area contributed by atoms with E-state index in [1.165, 1.54) is 83.5 Å². The average Bonchev–Trinajstić information content (AvgIpc) is 3.15. The van der Waals surface area contributed by atoms with Gasteiger partial charge in [0.2, 0.25) is 5.91 Å². The molecule has 0 aromatic carbocycles. The number of allylic oxidation sites excluding steroid dienone is 9. The molecule has 2 N–H and O–H groups in total. The van der Waals surface area contributed by atoms with Crippen molar-refractivity contribution in [2.75, 3.05) is 40.9 Å². The van der Waals surface area contributed by atoms with Crippen LogP contribution in [-0.4, -0.2) is 68.5 Å². The molecule has 326 valence electrons. The molecule has 0 fully saturated rings. The lowest BCUT2D eigenvalue weighted by atomic mass is 10.0. The largest absolute Gasteiger partial charge is 0.756 e. The van der Waals surface area contributed by atoms with Crippen LogP contribution in [0.4, 0.5) is 0 Å². The third-order valence-electron chi connectivity index (χ3n) is 9.71. The Bertz CT molecular complexity index is 1100. The zero-order valence-electron chi connectivity index (χ0n) is 36.8. The van der Waals surface area contributed by atoms with Gasteiger partial charge in [-0.25, -0.2) is 0 Å². The zero-order valence-corrected chi connectivity index (χ0v) is 37.7. The van der Waals surface area contributed by atoms with Crippen molar-refractivity contribution in [2.45, 2.75) is 193 Å². The second-order valence-corrected chi connectivity index (χ2v) is 17.8. The number of nitrogens with zero attached hydrogens (tertiary/aromatic N) is 1. The summed E-state index contributed by atoms with van der Waals surface area (Å²) in [6.07, 6.45) is 49.9. The van der Waals surface area contributed by atoms with Crippen LogP contribution in [0.5, 0.6) is 0 Å². The van der Waals surface area contributed by atoms with Gasteiger partial charge in [0.1, 0.15) is 13.2 Å². The summed E-state index contributed by atoms with van der Waals surface area (Å²) in [5.41, 5.74) is 0. The number of hydrogen-bond donors (Lipinski definition) is 2. The molecule has 0 aliphatic carbocycles. The fourth-order valence-corrected chi connectivity index (χ4v) is 6.85. The Morgan fingerprint density at radius 2 is 1.11 bits per heavy atom. The maximum atomic E-state index is 12.8. The number of unbranched alkanes of at least 4 members (excludes halogenated alkanes) is 19. The van der Waals surface area contributed by atoms with Crippen molar-refractivity contribution in [3.05, 3.63) is 60.8 Å². The summed E-state index contributed by atoms with van der Waals surface area (Å²) in [5.74, 6) is -0.227. The number of aliphatic hydroxyl groups is 1. The van der Waals surface area contributed by atoms with E-state index in [1.807, 2.05) is 27.2 Å². The Morgan fingerprint density at radius 1 is 0.643 bits per heavy atom. The van der Waals surface area contributed by atoms with E-state index in [4.69, 9.17) is 9.05 Å². The van der Waals surface area contributed by atoms with Crippen LogP contribution in [0.15, 0.2) is 60.8 Å². The van der Waals surface area contributed by atoms with Crippen LogP contribution in [-0.2, 0) is 18.4 Å². The summed E-state index contributed by atoms with van der Waals surface area (Å²) < 4.78 is 23.2. The normalized spacial score (nSPS) is 14.9. The number of phosphoric ester groups is 1. The summed E-state index contributed by atoms with van der Waals surface area (Å²) in [6, 6.07) is -0.913. The molecule has 0 bridgehead atoms. The lowest BCUT2D eigenvalue weighted by molar-refractivity contribution is -0.870. The SMILES string of the molecule is CC/C=C\C/C=C\C/C=C\CCCCCCCC(=O)NC(COP(=O)([O-])OCC[N+](C)(C)C)C(O)/C=C/CC/C=C/CCCCCCCCCCCCCCC. The highest BCUT2D eigenvalue weighted by Crippen LogP contribution is 2.38. The number of quaternary nitrogens is 1. The molecule has 9 heteroatoms. The van der Waals surface area contributed by atoms with Crippen molar-refractivity contribution < 1.29 is 32.9 Å². The van der Waals surface area contributed by atoms with Gasteiger partial charge in [-0.05, 0) is 64.2 Å². The van der Waals surface area contributed by atoms with Crippen LogP contribution < -0.4 is 10.2 Å². The highest BCUT2D eigenvalue weighted by atomic mass is 31.2. The van der Waals surface area contributed by atoms with Gasteiger partial charge in [-0.1, -0.05) is 171 Å². The van der Waals surface area contributed by atoms with Gasteiger partial charge in [0, 0.05) is 6.42 Å². The molecule has 0 heterocycles. The van der Waals surface area contributed by atoms with Crippen molar-refractivity contribution >= 4 is 13.7 Å². The van der Waals surface area contributed by atoms with Gasteiger partial charge in [0.15, 0.2) is 0 Å². The fraction of sp³-hybridized carbons (Fsp3) is 0.766. The highest BCUT2D eigenvalue weighted by Gasteiger charge is 2.23. The van der Waals surface area contributed by atoms with Crippen LogP contribution in [0.2, 0.25) is 0 Å². The van der Waals surface area contributed by atoms with Crippen LogP contribution >= 0.6 is 7.82 Å². The quantitative estimate of drug-likeness (QED) is 0.0276. The molecule has 0 aliphatic rings. The number of carbonyl (C=O) groups is 1. The minimum atomic E-state index is -4.60. The number of aliphatic hydroxyl groups excluding tert-OH is 1. The lowest BCUT2D eigenvalue weighted by Crippen LogP contribution is -2.45. The van der Waals surface area contributed by atoms with E-state index in [2.05, 4.69) is 67.8 Å². The van der Waals surface area contributed by atoms with Crippen LogP contribution in [0.3, 0.4) is 0 Å². The van der Waals surface area contributed by atoms with Crippen molar-refractivity contribution in [2.24, 2.45) is 0 Å². The van der Waals surface area contributed by atoms with Gasteiger partial charge in [-0.2, -0.15) is 0 Å². The second kappa shape index (κ2) is 38.7. The van der Waals surface area contributed by atoms with Crippen LogP contribution in [0, 0.1) is 0 Å². The Morgan fingerprint density at radius 3 is 1.66 bits per heavy atom. The standard InChI is InChI=1S/C47H87N2O6P/c1-6-8-10-12-14-16-18-20-22-23-24-25-27-28-30-32-34-36-38-40-46(50)45(44-55-56(52,53)54-43-42-49(3,4)5)48-47(51)41-39-37-35-33-31-29-26-21-19-17-15-13-11-9-7-2/h9,11,15,17,21,26,30,32,38,40,45-46,50H,6-8,10,12-14,16,18-20,22-25,27-29,31,33-37,39,41-44H2,1-5H3,(H-,48,51,52,53)/b11-9-,17-15-,26-21-,32-30+,40-38+. The Labute approximate surface area is 345 Å². The summed E-state index contributed by atoms with van der Waals surface area (Å²) in [7, 11) is 1.22. The van der Waals surface area contributed by atoms with Gasteiger partial charge in [0.25, 0.3) is 7.82 Å². The maximum Gasteiger partial charge on any atom is 0.268 e. The molecule has 3 atom stereocenters. The number of hydrogen-bond acceptors (Lipinski definition) is 6. The molecule has 0 aliphatic heterocycles. The molecule has 1 amide bonds. The van der Waals surface area contributed by atoms with Gasteiger partial charge >= 0.3 is 0 Å². The molecule has 8 nitrogen and oxygen atoms in total. The van der Waals surface area contributed by atoms with Gasteiger partial charge in [-0.3, -0.25) is 9.36 Å². The second-order valence-electron chi connectivity index (χ2n) is 16.4. The molecule has 0 saturated heterocycles. The van der Waals surface area contributed by atoms with Crippen molar-refractivity contribution in [1.29, 1.82) is 0 Å². The first-order valence-electron chi connectivity index (χ1n) is 22.7.